The Hall–Kier alpha value is -3.52. The van der Waals surface area contributed by atoms with Gasteiger partial charge in [-0.3, -0.25) is 4.79 Å². The lowest BCUT2D eigenvalue weighted by atomic mass is 9.79. The Labute approximate surface area is 191 Å². The highest BCUT2D eigenvalue weighted by Crippen LogP contribution is 2.37. The van der Waals surface area contributed by atoms with Gasteiger partial charge in [0.2, 0.25) is 5.56 Å². The third kappa shape index (κ3) is 4.02. The molecule has 1 aromatic carbocycles. The number of aromatic nitrogens is 4. The largest absolute Gasteiger partial charge is 0.352 e. The van der Waals surface area contributed by atoms with E-state index in [0.717, 1.165) is 29.8 Å². The molecule has 8 heteroatoms. The summed E-state index contributed by atoms with van der Waals surface area (Å²) in [6, 6.07) is 12.9. The van der Waals surface area contributed by atoms with Gasteiger partial charge < -0.3 is 15.2 Å². The molecule has 4 heterocycles. The number of hydrogen-bond acceptors (Lipinski definition) is 5. The van der Waals surface area contributed by atoms with Crippen LogP contribution in [-0.2, 0) is 0 Å². The van der Waals surface area contributed by atoms with Gasteiger partial charge in [-0.15, -0.1) is 0 Å². The van der Waals surface area contributed by atoms with Crippen molar-refractivity contribution in [2.75, 3.05) is 18.9 Å². The van der Waals surface area contributed by atoms with Crippen molar-refractivity contribution in [1.29, 1.82) is 0 Å². The van der Waals surface area contributed by atoms with Crippen LogP contribution in [0.2, 0.25) is 0 Å². The van der Waals surface area contributed by atoms with E-state index in [4.69, 9.17) is 0 Å². The molecule has 33 heavy (non-hydrogen) atoms. The minimum atomic E-state index is -0.189. The fraction of sp³-hybridized carbons (Fsp3) is 0.320. The number of nitrogens with zero attached hydrogens (tertiary/aromatic N) is 4. The maximum atomic E-state index is 15.2. The first-order valence-corrected chi connectivity index (χ1v) is 11.2. The van der Waals surface area contributed by atoms with Crippen LogP contribution < -0.4 is 10.9 Å². The van der Waals surface area contributed by atoms with E-state index in [1.54, 1.807) is 16.8 Å². The van der Waals surface area contributed by atoms with Gasteiger partial charge in [0.15, 0.2) is 5.65 Å². The maximum absolute atomic E-state index is 15.2. The van der Waals surface area contributed by atoms with Gasteiger partial charge in [0.25, 0.3) is 0 Å². The van der Waals surface area contributed by atoms with Crippen molar-refractivity contribution in [2.24, 2.45) is 5.92 Å². The van der Waals surface area contributed by atoms with Crippen LogP contribution in [0.5, 0.6) is 0 Å². The summed E-state index contributed by atoms with van der Waals surface area (Å²) in [4.78, 5) is 21.0. The van der Waals surface area contributed by atoms with Crippen LogP contribution in [0.4, 0.5) is 15.8 Å². The van der Waals surface area contributed by atoms with Crippen molar-refractivity contribution >= 4 is 17.0 Å². The zero-order valence-corrected chi connectivity index (χ0v) is 18.9. The number of H-pyrrole nitrogens is 1. The van der Waals surface area contributed by atoms with E-state index in [9.17, 15) is 4.79 Å². The molecule has 0 saturated carbocycles. The summed E-state index contributed by atoms with van der Waals surface area (Å²) in [5, 5.41) is 7.60. The Morgan fingerprint density at radius 3 is 2.79 bits per heavy atom. The first kappa shape index (κ1) is 21.3. The van der Waals surface area contributed by atoms with Gasteiger partial charge in [0, 0.05) is 36.1 Å². The van der Waals surface area contributed by atoms with Gasteiger partial charge >= 0.3 is 0 Å². The number of likely N-dealkylation sites (tertiary alicyclic amines) is 1. The van der Waals surface area contributed by atoms with Crippen molar-refractivity contribution in [3.8, 4) is 11.3 Å². The molecule has 1 fully saturated rings. The Balaban J connectivity index is 1.44. The molecule has 1 aliphatic rings. The molecule has 1 aliphatic heterocycles. The van der Waals surface area contributed by atoms with E-state index in [-0.39, 0.29) is 17.3 Å². The fourth-order valence-electron chi connectivity index (χ4n) is 4.86. The van der Waals surface area contributed by atoms with Crippen LogP contribution in [0.1, 0.15) is 31.7 Å². The lowest BCUT2D eigenvalue weighted by molar-refractivity contribution is 0.135. The Morgan fingerprint density at radius 1 is 1.15 bits per heavy atom. The van der Waals surface area contributed by atoms with Gasteiger partial charge in [-0.2, -0.15) is 5.10 Å². The zero-order valence-electron chi connectivity index (χ0n) is 18.9. The van der Waals surface area contributed by atoms with Crippen LogP contribution in [0.25, 0.3) is 16.9 Å². The number of pyridine rings is 2. The topological polar surface area (TPSA) is 78.3 Å². The number of hydrogen-bond donors (Lipinski definition) is 2. The molecule has 0 bridgehead atoms. The van der Waals surface area contributed by atoms with E-state index in [2.05, 4.69) is 46.2 Å². The second-order valence-electron chi connectivity index (χ2n) is 9.04. The van der Waals surface area contributed by atoms with E-state index < -0.39 is 0 Å². The fourth-order valence-corrected chi connectivity index (χ4v) is 4.86. The van der Waals surface area contributed by atoms with Crippen molar-refractivity contribution in [3.63, 3.8) is 0 Å². The van der Waals surface area contributed by atoms with Crippen LogP contribution in [0.15, 0.2) is 59.8 Å². The number of aromatic amines is 1. The molecule has 4 aromatic rings. The Morgan fingerprint density at radius 2 is 2.00 bits per heavy atom. The van der Waals surface area contributed by atoms with Gasteiger partial charge in [0.05, 0.1) is 11.4 Å². The lowest BCUT2D eigenvalue weighted by Crippen LogP contribution is -2.41. The van der Waals surface area contributed by atoms with Crippen LogP contribution in [0.3, 0.4) is 0 Å². The van der Waals surface area contributed by atoms with Crippen molar-refractivity contribution in [3.05, 3.63) is 76.7 Å². The summed E-state index contributed by atoms with van der Waals surface area (Å²) in [5.74, 6) is 0.417. The van der Waals surface area contributed by atoms with E-state index >= 15 is 4.39 Å². The maximum Gasteiger partial charge on any atom is 0.248 e. The first-order valence-electron chi connectivity index (χ1n) is 11.2. The predicted molar refractivity (Wildman–Crippen MR) is 127 cm³/mol. The lowest BCUT2D eigenvalue weighted by Gasteiger charge is -2.40. The molecule has 1 unspecified atom stereocenters. The second kappa shape index (κ2) is 8.44. The molecule has 3 aromatic heterocycles. The van der Waals surface area contributed by atoms with Crippen LogP contribution >= 0.6 is 0 Å². The SMILES string of the molecule is C[C@@H]1CN(C)[C@@H](C)CC1c1ccc(Nc2ccc(-c3cc[nH]c(=O)c3)n3ncnc23)cc1F. The highest BCUT2D eigenvalue weighted by atomic mass is 19.1. The standard InChI is InChI=1S/C25H27FN6O/c1-15-13-31(3)16(2)10-20(15)19-5-4-18(12-21(19)26)30-22-6-7-23(32-25(22)28-14-29-32)17-8-9-27-24(33)11-17/h4-9,11-12,14-16,20,30H,10,13H2,1-3H3,(H,27,33)/t15-,16+,20?/m1/s1. The summed E-state index contributed by atoms with van der Waals surface area (Å²) in [5.41, 5.74) is 4.02. The minimum absolute atomic E-state index is 0.188. The minimum Gasteiger partial charge on any atom is -0.352 e. The average Bonchev–Trinajstić information content (AvgIpc) is 3.27. The number of rotatable bonds is 4. The van der Waals surface area contributed by atoms with Gasteiger partial charge in [-0.05, 0) is 68.1 Å². The molecular weight excluding hydrogens is 419 g/mol. The summed E-state index contributed by atoms with van der Waals surface area (Å²) in [6.07, 6.45) is 4.01. The summed E-state index contributed by atoms with van der Waals surface area (Å²) in [7, 11) is 2.13. The molecule has 3 atom stereocenters. The second-order valence-corrected chi connectivity index (χ2v) is 9.04. The monoisotopic (exact) mass is 446 g/mol. The van der Waals surface area contributed by atoms with E-state index in [1.165, 1.54) is 12.4 Å². The molecule has 0 amide bonds. The van der Waals surface area contributed by atoms with Crippen molar-refractivity contribution in [1.82, 2.24) is 24.5 Å². The summed E-state index contributed by atoms with van der Waals surface area (Å²) < 4.78 is 16.9. The number of halogens is 1. The van der Waals surface area contributed by atoms with E-state index in [1.807, 2.05) is 30.3 Å². The summed E-state index contributed by atoms with van der Waals surface area (Å²) >= 11 is 0. The molecule has 2 N–H and O–H groups in total. The predicted octanol–water partition coefficient (Wildman–Crippen LogP) is 4.41. The third-order valence-corrected chi connectivity index (χ3v) is 6.78. The average molecular weight is 447 g/mol. The highest BCUT2D eigenvalue weighted by molar-refractivity contribution is 5.77. The first-order chi connectivity index (χ1) is 15.9. The van der Waals surface area contributed by atoms with Crippen LogP contribution in [-0.4, -0.2) is 44.1 Å². The number of benzene rings is 1. The molecule has 0 spiro atoms. The molecule has 7 nitrogen and oxygen atoms in total. The molecule has 0 aliphatic carbocycles. The molecule has 170 valence electrons. The number of anilines is 2. The molecule has 1 saturated heterocycles. The molecule has 0 radical (unpaired) electrons. The van der Waals surface area contributed by atoms with Gasteiger partial charge in [0.1, 0.15) is 12.1 Å². The molecule has 5 rings (SSSR count). The van der Waals surface area contributed by atoms with E-state index in [0.29, 0.717) is 29.0 Å². The van der Waals surface area contributed by atoms with Gasteiger partial charge in [-0.25, -0.2) is 13.9 Å². The van der Waals surface area contributed by atoms with Crippen molar-refractivity contribution < 1.29 is 4.39 Å². The van der Waals surface area contributed by atoms with Crippen LogP contribution in [0, 0.1) is 11.7 Å². The smallest absolute Gasteiger partial charge is 0.248 e. The third-order valence-electron chi connectivity index (χ3n) is 6.78. The number of fused-ring (bicyclic) bond motifs is 1. The Bertz CT molecular complexity index is 1360. The van der Waals surface area contributed by atoms with Crippen molar-refractivity contribution in [2.45, 2.75) is 32.2 Å². The highest BCUT2D eigenvalue weighted by Gasteiger charge is 2.31. The summed E-state index contributed by atoms with van der Waals surface area (Å²) in [6.45, 7) is 5.37. The molecular formula is C25H27FN6O. The number of nitrogens with one attached hydrogen (secondary N) is 2. The normalized spacial score (nSPS) is 21.4. The zero-order chi connectivity index (χ0) is 23.1. The Kier molecular flexibility index (Phi) is 5.46. The quantitative estimate of drug-likeness (QED) is 0.486. The van der Waals surface area contributed by atoms with Gasteiger partial charge in [-0.1, -0.05) is 13.0 Å². The number of piperidine rings is 1.